The van der Waals surface area contributed by atoms with Crippen LogP contribution in [0.1, 0.15) is 24.9 Å². The van der Waals surface area contributed by atoms with Crippen LogP contribution in [0.25, 0.3) is 0 Å². The van der Waals surface area contributed by atoms with Gasteiger partial charge in [0, 0.05) is 12.7 Å². The van der Waals surface area contributed by atoms with Gasteiger partial charge in [-0.15, -0.1) is 0 Å². The van der Waals surface area contributed by atoms with E-state index in [-0.39, 0.29) is 30.5 Å². The van der Waals surface area contributed by atoms with Crippen LogP contribution < -0.4 is 4.90 Å². The van der Waals surface area contributed by atoms with E-state index >= 15 is 0 Å². The van der Waals surface area contributed by atoms with Gasteiger partial charge < -0.3 is 9.47 Å². The van der Waals surface area contributed by atoms with E-state index in [1.54, 1.807) is 11.9 Å². The summed E-state index contributed by atoms with van der Waals surface area (Å²) in [6, 6.07) is 19.6. The van der Waals surface area contributed by atoms with Gasteiger partial charge in [0.2, 0.25) is 0 Å². The van der Waals surface area contributed by atoms with Crippen molar-refractivity contribution in [2.45, 2.75) is 37.8 Å². The molecule has 0 bridgehead atoms. The Balaban J connectivity index is 1.63. The van der Waals surface area contributed by atoms with E-state index in [1.165, 1.54) is 0 Å². The Morgan fingerprint density at radius 2 is 1.77 bits per heavy atom. The number of para-hydroxylation sites is 1. The Bertz CT molecular complexity index is 752. The van der Waals surface area contributed by atoms with Crippen molar-refractivity contribution in [2.75, 3.05) is 18.6 Å². The third-order valence-corrected chi connectivity index (χ3v) is 5.18. The van der Waals surface area contributed by atoms with Crippen molar-refractivity contribution in [3.05, 3.63) is 66.2 Å². The molecule has 0 radical (unpaired) electrons. The van der Waals surface area contributed by atoms with Gasteiger partial charge in [-0.05, 0) is 24.1 Å². The molecule has 136 valence electrons. The molecule has 4 atom stereocenters. The summed E-state index contributed by atoms with van der Waals surface area (Å²) in [5, 5.41) is 0. The predicted octanol–water partition coefficient (Wildman–Crippen LogP) is 3.82. The molecule has 2 aliphatic rings. The molecule has 2 saturated heterocycles. The number of epoxide rings is 1. The quantitative estimate of drug-likeness (QED) is 0.786. The molecule has 5 nitrogen and oxygen atoms in total. The average molecular weight is 352 g/mol. The maximum atomic E-state index is 13.4. The lowest BCUT2D eigenvalue weighted by molar-refractivity contribution is 0.0276. The highest BCUT2D eigenvalue weighted by Crippen LogP contribution is 2.40. The minimum Gasteiger partial charge on any atom is -0.365 e. The number of urea groups is 1. The average Bonchev–Trinajstić information content (AvgIpc) is 3.37. The fourth-order valence-corrected chi connectivity index (χ4v) is 3.63. The summed E-state index contributed by atoms with van der Waals surface area (Å²) in [5.41, 5.74) is 1.94. The minimum absolute atomic E-state index is 0.0400. The van der Waals surface area contributed by atoms with Crippen molar-refractivity contribution in [3.8, 4) is 0 Å². The summed E-state index contributed by atoms with van der Waals surface area (Å²) in [6.07, 6.45) is 0.717. The highest BCUT2D eigenvalue weighted by atomic mass is 16.6. The van der Waals surface area contributed by atoms with Gasteiger partial charge in [-0.2, -0.15) is 0 Å². The molecule has 4 rings (SSSR count). The van der Waals surface area contributed by atoms with Crippen molar-refractivity contribution in [1.82, 2.24) is 4.90 Å². The molecule has 0 aliphatic carbocycles. The molecule has 0 N–H and O–H groups in total. The molecule has 2 aromatic rings. The van der Waals surface area contributed by atoms with Crippen molar-refractivity contribution in [3.63, 3.8) is 0 Å². The number of carbonyl (C=O) groups excluding carboxylic acids is 1. The lowest BCUT2D eigenvalue weighted by Gasteiger charge is -2.32. The smallest absolute Gasteiger partial charge is 0.326 e. The number of carbonyl (C=O) groups is 1. The molecule has 0 saturated carbocycles. The molecule has 2 heterocycles. The van der Waals surface area contributed by atoms with Crippen LogP contribution in [0.2, 0.25) is 0 Å². The molecule has 0 aromatic heterocycles. The molecule has 26 heavy (non-hydrogen) atoms. The molecule has 2 amide bonds. The molecule has 0 spiro atoms. The highest BCUT2D eigenvalue weighted by Gasteiger charge is 2.53. The van der Waals surface area contributed by atoms with Crippen molar-refractivity contribution in [2.24, 2.45) is 0 Å². The molecule has 5 heteroatoms. The number of nitrogens with zero attached hydrogens (tertiary/aromatic N) is 2. The Morgan fingerprint density at radius 3 is 2.38 bits per heavy atom. The normalized spacial score (nSPS) is 27.4. The van der Waals surface area contributed by atoms with Crippen LogP contribution in [0, 0.1) is 0 Å². The van der Waals surface area contributed by atoms with Crippen molar-refractivity contribution >= 4 is 11.7 Å². The third kappa shape index (κ3) is 3.08. The van der Waals surface area contributed by atoms with Gasteiger partial charge in [0.15, 0.2) is 6.23 Å². The van der Waals surface area contributed by atoms with Gasteiger partial charge in [0.05, 0.1) is 18.8 Å². The first-order valence-corrected chi connectivity index (χ1v) is 9.13. The molecule has 2 aliphatic heterocycles. The van der Waals surface area contributed by atoms with Crippen LogP contribution in [-0.4, -0.2) is 43.0 Å². The zero-order chi connectivity index (χ0) is 18.1. The lowest BCUT2D eigenvalue weighted by atomic mass is 10.1. The van der Waals surface area contributed by atoms with Crippen LogP contribution in [0.3, 0.4) is 0 Å². The Hall–Kier alpha value is -2.37. The largest absolute Gasteiger partial charge is 0.365 e. The first kappa shape index (κ1) is 17.1. The first-order valence-electron chi connectivity index (χ1n) is 9.13. The van der Waals surface area contributed by atoms with E-state index in [0.29, 0.717) is 6.61 Å². The second kappa shape index (κ2) is 7.09. The number of benzene rings is 2. The van der Waals surface area contributed by atoms with Crippen LogP contribution in [0.15, 0.2) is 60.7 Å². The minimum atomic E-state index is -0.344. The van der Waals surface area contributed by atoms with Crippen LogP contribution in [-0.2, 0) is 9.47 Å². The monoisotopic (exact) mass is 352 g/mol. The maximum absolute atomic E-state index is 13.4. The van der Waals surface area contributed by atoms with Crippen molar-refractivity contribution < 1.29 is 14.3 Å². The fraction of sp³-hybridized carbons (Fsp3) is 0.381. The first-order chi connectivity index (χ1) is 12.7. The third-order valence-electron chi connectivity index (χ3n) is 5.18. The lowest BCUT2D eigenvalue weighted by Crippen LogP contribution is -2.47. The van der Waals surface area contributed by atoms with E-state index in [2.05, 4.69) is 6.92 Å². The summed E-state index contributed by atoms with van der Waals surface area (Å²) in [4.78, 5) is 16.9. The summed E-state index contributed by atoms with van der Waals surface area (Å²) in [5.74, 6) is 0. The van der Waals surface area contributed by atoms with E-state index in [4.69, 9.17) is 9.47 Å². The molecular formula is C21H24N2O3. The topological polar surface area (TPSA) is 45.3 Å². The molecule has 2 aromatic carbocycles. The summed E-state index contributed by atoms with van der Waals surface area (Å²) in [7, 11) is 1.81. The Labute approximate surface area is 154 Å². The second-order valence-electron chi connectivity index (χ2n) is 6.78. The number of ether oxygens (including phenoxy) is 2. The van der Waals surface area contributed by atoms with Crippen LogP contribution >= 0.6 is 0 Å². The maximum Gasteiger partial charge on any atom is 0.326 e. The van der Waals surface area contributed by atoms with Gasteiger partial charge in [0.1, 0.15) is 6.10 Å². The second-order valence-corrected chi connectivity index (χ2v) is 6.78. The molecular weight excluding hydrogens is 328 g/mol. The zero-order valence-electron chi connectivity index (χ0n) is 15.1. The van der Waals surface area contributed by atoms with Crippen LogP contribution in [0.4, 0.5) is 10.5 Å². The van der Waals surface area contributed by atoms with E-state index in [9.17, 15) is 4.79 Å². The standard InChI is InChI=1S/C21H24N2O3/c1-3-18-19(26-18)20-23(17(14-25-20)15-10-6-4-7-11-15)21(24)22(2)16-12-8-5-9-13-16/h4-13,17-20H,3,14H2,1-2H3/t17-,18-,19+,20+/m1/s1. The van der Waals surface area contributed by atoms with E-state index in [1.807, 2.05) is 65.6 Å². The zero-order valence-corrected chi connectivity index (χ0v) is 15.1. The van der Waals surface area contributed by atoms with Gasteiger partial charge >= 0.3 is 6.03 Å². The van der Waals surface area contributed by atoms with E-state index < -0.39 is 0 Å². The summed E-state index contributed by atoms with van der Waals surface area (Å²) >= 11 is 0. The number of anilines is 1. The number of hydrogen-bond donors (Lipinski definition) is 0. The van der Waals surface area contributed by atoms with Crippen molar-refractivity contribution in [1.29, 1.82) is 0 Å². The number of amides is 2. The summed E-state index contributed by atoms with van der Waals surface area (Å²) < 4.78 is 11.8. The molecule has 0 unspecified atom stereocenters. The van der Waals surface area contributed by atoms with E-state index in [0.717, 1.165) is 17.7 Å². The fourth-order valence-electron chi connectivity index (χ4n) is 3.63. The highest BCUT2D eigenvalue weighted by molar-refractivity contribution is 5.92. The van der Waals surface area contributed by atoms with Gasteiger partial charge in [-0.25, -0.2) is 4.79 Å². The molecule has 2 fully saturated rings. The summed E-state index contributed by atoms with van der Waals surface area (Å²) in [6.45, 7) is 2.58. The number of hydrogen-bond acceptors (Lipinski definition) is 3. The van der Waals surface area contributed by atoms with Crippen LogP contribution in [0.5, 0.6) is 0 Å². The Kier molecular flexibility index (Phi) is 4.66. The Morgan fingerprint density at radius 1 is 1.12 bits per heavy atom. The SMILES string of the molecule is CC[C@H]1O[C@@H]1[C@@H]1OC[C@H](c2ccccc2)N1C(=O)N(C)c1ccccc1. The van der Waals surface area contributed by atoms with Gasteiger partial charge in [0.25, 0.3) is 0 Å². The van der Waals surface area contributed by atoms with Gasteiger partial charge in [-0.1, -0.05) is 55.5 Å². The predicted molar refractivity (Wildman–Crippen MR) is 100.0 cm³/mol. The number of rotatable bonds is 4. The van der Waals surface area contributed by atoms with Gasteiger partial charge in [-0.3, -0.25) is 9.80 Å².